The molecule has 0 amide bonds. The van der Waals surface area contributed by atoms with E-state index in [9.17, 15) is 20.0 Å². The second kappa shape index (κ2) is 7.00. The van der Waals surface area contributed by atoms with Gasteiger partial charge in [0.15, 0.2) is 0 Å². The third-order valence-electron chi connectivity index (χ3n) is 2.01. The Bertz CT molecular complexity index is 621. The zero-order chi connectivity index (χ0) is 15.1. The van der Waals surface area contributed by atoms with Gasteiger partial charge in [-0.2, -0.15) is 0 Å². The van der Waals surface area contributed by atoms with Crippen LogP contribution < -0.4 is 15.8 Å². The molecule has 0 spiro atoms. The number of rotatable bonds is 2. The second-order valence-corrected chi connectivity index (χ2v) is 3.78. The van der Waals surface area contributed by atoms with Gasteiger partial charge >= 0.3 is 5.95 Å². The quantitative estimate of drug-likeness (QED) is 0.616. The van der Waals surface area contributed by atoms with Crippen LogP contribution in [0, 0.1) is 10.1 Å². The Morgan fingerprint density at radius 1 is 1.45 bits per heavy atom. The van der Waals surface area contributed by atoms with E-state index in [2.05, 4.69) is 9.97 Å². The number of carboxylic acids is 1. The molecular weight excluding hydrogens is 288 g/mol. The fourth-order valence-electron chi connectivity index (χ4n) is 1.12. The Morgan fingerprint density at radius 3 is 2.50 bits per heavy atom. The van der Waals surface area contributed by atoms with E-state index in [4.69, 9.17) is 17.3 Å². The first-order chi connectivity index (χ1) is 9.41. The van der Waals surface area contributed by atoms with Crippen LogP contribution in [0.3, 0.4) is 0 Å². The minimum absolute atomic E-state index is 0.200. The highest BCUT2D eigenvalue weighted by Crippen LogP contribution is 2.21. The molecule has 1 aromatic carbocycles. The number of nitrogen functional groups attached to an aromatic ring is 1. The Kier molecular flexibility index (Phi) is 5.36. The van der Waals surface area contributed by atoms with Gasteiger partial charge in [-0.15, -0.1) is 0 Å². The number of nitrogens with two attached hydrogens (primary N) is 1. The summed E-state index contributed by atoms with van der Waals surface area (Å²) in [4.78, 5) is 26.3. The standard InChI is InChI=1S/C7H4ClNO4.C4H5N3/c8-6-3-4(9(12)13)1-2-5(6)7(10)11;5-4-6-2-1-3-7-4/h1-3H,(H,10,11);1-3H,(H2,5,6,7). The molecule has 0 atom stereocenters. The molecule has 3 N–H and O–H groups in total. The number of hydrogen-bond acceptors (Lipinski definition) is 6. The summed E-state index contributed by atoms with van der Waals surface area (Å²) in [6.45, 7) is 0. The lowest BCUT2D eigenvalue weighted by atomic mass is 10.2. The lowest BCUT2D eigenvalue weighted by Gasteiger charge is -2.03. The number of halogens is 1. The van der Waals surface area contributed by atoms with Gasteiger partial charge < -0.3 is 9.90 Å². The van der Waals surface area contributed by atoms with Gasteiger partial charge in [0.1, 0.15) is 6.20 Å². The molecule has 8 nitrogen and oxygen atoms in total. The first-order valence-electron chi connectivity index (χ1n) is 5.15. The summed E-state index contributed by atoms with van der Waals surface area (Å²) in [7, 11) is 0. The molecule has 0 aliphatic heterocycles. The molecule has 20 heavy (non-hydrogen) atoms. The SMILES string of the molecule is Nc1nccc[nH+]1.O=C([O-])c1ccc([N+](=O)[O-])cc1Cl. The molecule has 0 bridgehead atoms. The van der Waals surface area contributed by atoms with Gasteiger partial charge in [-0.3, -0.25) is 15.8 Å². The van der Waals surface area contributed by atoms with Crippen LogP contribution >= 0.6 is 11.6 Å². The monoisotopic (exact) mass is 296 g/mol. The fourth-order valence-corrected chi connectivity index (χ4v) is 1.37. The molecule has 0 saturated carbocycles. The number of hydrogen-bond donors (Lipinski definition) is 1. The number of nitro groups is 1. The van der Waals surface area contributed by atoms with Crippen molar-refractivity contribution in [2.75, 3.05) is 5.73 Å². The number of aromatic nitrogens is 2. The Hall–Kier alpha value is -2.74. The summed E-state index contributed by atoms with van der Waals surface area (Å²) >= 11 is 5.44. The topological polar surface area (TPSA) is 136 Å². The summed E-state index contributed by atoms with van der Waals surface area (Å²) in [5.41, 5.74) is 4.68. The number of benzene rings is 1. The lowest BCUT2D eigenvalue weighted by Crippen LogP contribution is -2.22. The van der Waals surface area contributed by atoms with Crippen LogP contribution in [0.5, 0.6) is 0 Å². The highest BCUT2D eigenvalue weighted by molar-refractivity contribution is 6.33. The van der Waals surface area contributed by atoms with Crippen molar-refractivity contribution in [1.82, 2.24) is 4.98 Å². The van der Waals surface area contributed by atoms with Crippen molar-refractivity contribution < 1.29 is 19.8 Å². The summed E-state index contributed by atoms with van der Waals surface area (Å²) in [6.07, 6.45) is 3.36. The molecule has 104 valence electrons. The zero-order valence-corrected chi connectivity index (χ0v) is 10.7. The number of non-ortho nitro benzene ring substituents is 1. The van der Waals surface area contributed by atoms with Gasteiger partial charge in [0, 0.05) is 23.8 Å². The Balaban J connectivity index is 0.000000240. The fraction of sp³-hybridized carbons (Fsp3) is 0. The molecule has 0 unspecified atom stereocenters. The summed E-state index contributed by atoms with van der Waals surface area (Å²) < 4.78 is 0. The van der Waals surface area contributed by atoms with E-state index in [-0.39, 0.29) is 16.3 Å². The van der Waals surface area contributed by atoms with Crippen molar-refractivity contribution in [1.29, 1.82) is 0 Å². The summed E-state index contributed by atoms with van der Waals surface area (Å²) in [6, 6.07) is 4.83. The van der Waals surface area contributed by atoms with Gasteiger partial charge in [-0.05, 0) is 6.07 Å². The van der Waals surface area contributed by atoms with Crippen molar-refractivity contribution in [3.63, 3.8) is 0 Å². The molecule has 2 aromatic rings. The van der Waals surface area contributed by atoms with Crippen LogP contribution in [-0.2, 0) is 0 Å². The number of H-pyrrole nitrogens is 1. The molecule has 0 fully saturated rings. The van der Waals surface area contributed by atoms with Crippen LogP contribution in [0.25, 0.3) is 0 Å². The van der Waals surface area contributed by atoms with Gasteiger partial charge in [-0.25, -0.2) is 4.98 Å². The van der Waals surface area contributed by atoms with Gasteiger partial charge in [0.05, 0.1) is 22.1 Å². The van der Waals surface area contributed by atoms with Crippen LogP contribution in [0.1, 0.15) is 10.4 Å². The maximum absolute atomic E-state index is 10.3. The first-order valence-corrected chi connectivity index (χ1v) is 5.53. The number of nitrogens with zero attached hydrogens (tertiary/aromatic N) is 2. The van der Waals surface area contributed by atoms with E-state index >= 15 is 0 Å². The predicted octanol–water partition coefficient (Wildman–Crippen LogP) is 0.0896. The number of carboxylic acid groups (broad SMARTS) is 1. The number of nitro benzene ring substituents is 1. The number of aromatic carboxylic acids is 1. The van der Waals surface area contributed by atoms with Crippen LogP contribution in [-0.4, -0.2) is 15.9 Å². The van der Waals surface area contributed by atoms with Gasteiger partial charge in [0.25, 0.3) is 5.69 Å². The molecule has 0 aliphatic carbocycles. The van der Waals surface area contributed by atoms with Crippen molar-refractivity contribution in [2.24, 2.45) is 0 Å². The average Bonchev–Trinajstić information content (AvgIpc) is 2.39. The average molecular weight is 297 g/mol. The number of carbonyl (C=O) groups excluding carboxylic acids is 1. The molecule has 2 rings (SSSR count). The first kappa shape index (κ1) is 15.3. The maximum atomic E-state index is 10.3. The van der Waals surface area contributed by atoms with E-state index in [0.29, 0.717) is 5.95 Å². The molecule has 1 aromatic heterocycles. The van der Waals surface area contributed by atoms with Crippen LogP contribution in [0.15, 0.2) is 36.7 Å². The van der Waals surface area contributed by atoms with Crippen molar-refractivity contribution >= 4 is 29.2 Å². The van der Waals surface area contributed by atoms with E-state index in [1.165, 1.54) is 0 Å². The molecule has 0 aliphatic rings. The van der Waals surface area contributed by atoms with E-state index in [1.54, 1.807) is 18.5 Å². The van der Waals surface area contributed by atoms with E-state index < -0.39 is 10.9 Å². The Labute approximate surface area is 118 Å². The minimum Gasteiger partial charge on any atom is -0.545 e. The number of nitrogens with one attached hydrogen (secondary N) is 1. The molecule has 1 heterocycles. The van der Waals surface area contributed by atoms with Crippen molar-refractivity contribution in [3.05, 3.63) is 57.4 Å². The smallest absolute Gasteiger partial charge is 0.386 e. The van der Waals surface area contributed by atoms with Crippen molar-refractivity contribution in [2.45, 2.75) is 0 Å². The predicted molar refractivity (Wildman–Crippen MR) is 67.6 cm³/mol. The second-order valence-electron chi connectivity index (χ2n) is 3.38. The van der Waals surface area contributed by atoms with Crippen LogP contribution in [0.4, 0.5) is 11.6 Å². The number of carbonyl (C=O) groups is 1. The van der Waals surface area contributed by atoms with Crippen molar-refractivity contribution in [3.8, 4) is 0 Å². The number of aromatic amines is 1. The molecule has 9 heteroatoms. The number of anilines is 1. The summed E-state index contributed by atoms with van der Waals surface area (Å²) in [5.74, 6) is -1.01. The van der Waals surface area contributed by atoms with Gasteiger partial charge in [-0.1, -0.05) is 16.6 Å². The highest BCUT2D eigenvalue weighted by Gasteiger charge is 2.09. The minimum atomic E-state index is -1.46. The summed E-state index contributed by atoms with van der Waals surface area (Å²) in [5, 5.41) is 20.4. The van der Waals surface area contributed by atoms with Gasteiger partial charge in [0.2, 0.25) is 0 Å². The normalized spacial score (nSPS) is 9.25. The Morgan fingerprint density at radius 2 is 2.15 bits per heavy atom. The van der Waals surface area contributed by atoms with E-state index in [1.807, 2.05) is 0 Å². The van der Waals surface area contributed by atoms with Crippen LogP contribution in [0.2, 0.25) is 5.02 Å². The molecule has 0 radical (unpaired) electrons. The zero-order valence-electron chi connectivity index (χ0n) is 9.95. The highest BCUT2D eigenvalue weighted by atomic mass is 35.5. The van der Waals surface area contributed by atoms with E-state index in [0.717, 1.165) is 18.2 Å². The third kappa shape index (κ3) is 4.50. The molecule has 0 saturated heterocycles. The largest absolute Gasteiger partial charge is 0.545 e. The lowest BCUT2D eigenvalue weighted by molar-refractivity contribution is -0.384. The maximum Gasteiger partial charge on any atom is 0.386 e. The molecular formula is C11H9ClN4O4. The third-order valence-corrected chi connectivity index (χ3v) is 2.32.